The molecule has 0 heterocycles. The third kappa shape index (κ3) is 4.41. The van der Waals surface area contributed by atoms with Crippen molar-refractivity contribution in [3.05, 3.63) is 35.9 Å². The monoisotopic (exact) mass is 273 g/mol. The van der Waals surface area contributed by atoms with Gasteiger partial charge in [-0.05, 0) is 54.9 Å². The lowest BCUT2D eigenvalue weighted by atomic mass is 9.76. The highest BCUT2D eigenvalue weighted by Gasteiger charge is 2.28. The minimum absolute atomic E-state index is 0.0704. The van der Waals surface area contributed by atoms with Gasteiger partial charge in [-0.25, -0.2) is 4.79 Å². The van der Waals surface area contributed by atoms with Gasteiger partial charge in [-0.3, -0.25) is 0 Å². The molecule has 3 nitrogen and oxygen atoms in total. The lowest BCUT2D eigenvalue weighted by molar-refractivity contribution is -0.145. The van der Waals surface area contributed by atoms with E-state index in [0.29, 0.717) is 11.1 Å². The van der Waals surface area contributed by atoms with Crippen molar-refractivity contribution in [2.24, 2.45) is 5.41 Å². The zero-order valence-corrected chi connectivity index (χ0v) is 12.3. The Labute approximate surface area is 120 Å². The van der Waals surface area contributed by atoms with Gasteiger partial charge < -0.3 is 10.5 Å². The molecule has 0 saturated heterocycles. The minimum atomic E-state index is -0.267. The maximum Gasteiger partial charge on any atom is 0.331 e. The lowest BCUT2D eigenvalue weighted by Gasteiger charge is -2.33. The molecule has 108 valence electrons. The number of benzene rings is 1. The van der Waals surface area contributed by atoms with Gasteiger partial charge in [-0.2, -0.15) is 0 Å². The minimum Gasteiger partial charge on any atom is -0.459 e. The number of rotatable bonds is 3. The molecule has 1 aromatic rings. The zero-order chi connectivity index (χ0) is 14.6. The second kappa shape index (κ2) is 6.12. The number of nitrogen functional groups attached to an aromatic ring is 1. The number of nitrogens with two attached hydrogens (primary N) is 1. The first-order valence-electron chi connectivity index (χ1n) is 7.19. The normalized spacial score (nSPS) is 19.1. The van der Waals surface area contributed by atoms with E-state index in [2.05, 4.69) is 13.8 Å². The van der Waals surface area contributed by atoms with Crippen LogP contribution in [0.25, 0.3) is 6.08 Å². The number of carbonyl (C=O) groups is 1. The molecule has 1 saturated carbocycles. The Morgan fingerprint density at radius 3 is 2.70 bits per heavy atom. The fourth-order valence-electron chi connectivity index (χ4n) is 2.52. The van der Waals surface area contributed by atoms with E-state index in [1.165, 1.54) is 6.08 Å². The van der Waals surface area contributed by atoms with Gasteiger partial charge in [0, 0.05) is 11.8 Å². The molecular weight excluding hydrogens is 250 g/mol. The smallest absolute Gasteiger partial charge is 0.331 e. The number of hydrogen-bond acceptors (Lipinski definition) is 3. The Morgan fingerprint density at radius 1 is 1.35 bits per heavy atom. The number of hydrogen-bond donors (Lipinski definition) is 1. The van der Waals surface area contributed by atoms with E-state index in [-0.39, 0.29) is 12.1 Å². The maximum absolute atomic E-state index is 11.8. The molecule has 0 bridgehead atoms. The summed E-state index contributed by atoms with van der Waals surface area (Å²) in [4.78, 5) is 11.8. The van der Waals surface area contributed by atoms with Gasteiger partial charge in [0.1, 0.15) is 6.10 Å². The zero-order valence-electron chi connectivity index (χ0n) is 12.3. The Kier molecular flexibility index (Phi) is 4.48. The number of esters is 1. The Hall–Kier alpha value is -1.77. The van der Waals surface area contributed by atoms with E-state index < -0.39 is 0 Å². The van der Waals surface area contributed by atoms with Crippen molar-refractivity contribution in [2.45, 2.75) is 45.6 Å². The van der Waals surface area contributed by atoms with Crippen LogP contribution in [0.4, 0.5) is 5.69 Å². The first-order valence-corrected chi connectivity index (χ1v) is 7.19. The summed E-state index contributed by atoms with van der Waals surface area (Å²) in [5.41, 5.74) is 7.68. The van der Waals surface area contributed by atoms with E-state index in [9.17, 15) is 4.79 Å². The summed E-state index contributed by atoms with van der Waals surface area (Å²) < 4.78 is 5.48. The second-order valence-electron chi connectivity index (χ2n) is 6.30. The van der Waals surface area contributed by atoms with Crippen molar-refractivity contribution < 1.29 is 9.53 Å². The molecule has 0 amide bonds. The molecule has 1 aromatic carbocycles. The third-order valence-corrected chi connectivity index (χ3v) is 3.89. The standard InChI is InChI=1S/C17H23NO2/c1-17(2)10-8-15(9-11-17)20-16(19)7-6-13-4-3-5-14(18)12-13/h3-7,12,15H,8-11,18H2,1-2H3/b7-6+. The van der Waals surface area contributed by atoms with Gasteiger partial charge in [0.2, 0.25) is 0 Å². The quantitative estimate of drug-likeness (QED) is 0.518. The van der Waals surface area contributed by atoms with Crippen molar-refractivity contribution in [1.29, 1.82) is 0 Å². The number of carbonyl (C=O) groups excluding carboxylic acids is 1. The molecular formula is C17H23NO2. The summed E-state index contributed by atoms with van der Waals surface area (Å²) in [6.45, 7) is 4.54. The summed E-state index contributed by atoms with van der Waals surface area (Å²) in [5, 5.41) is 0. The Morgan fingerprint density at radius 2 is 2.05 bits per heavy atom. The van der Waals surface area contributed by atoms with Crippen LogP contribution >= 0.6 is 0 Å². The predicted octanol–water partition coefficient (Wildman–Crippen LogP) is 3.79. The largest absolute Gasteiger partial charge is 0.459 e. The number of ether oxygens (including phenoxy) is 1. The number of anilines is 1. The third-order valence-electron chi connectivity index (χ3n) is 3.89. The van der Waals surface area contributed by atoms with E-state index >= 15 is 0 Å². The van der Waals surface area contributed by atoms with Crippen LogP contribution in [0.1, 0.15) is 45.1 Å². The van der Waals surface area contributed by atoms with E-state index in [1.54, 1.807) is 6.08 Å². The Bertz CT molecular complexity index is 495. The van der Waals surface area contributed by atoms with Crippen LogP contribution in [-0.2, 0) is 9.53 Å². The van der Waals surface area contributed by atoms with Crippen LogP contribution in [0.5, 0.6) is 0 Å². The summed E-state index contributed by atoms with van der Waals surface area (Å²) in [7, 11) is 0. The van der Waals surface area contributed by atoms with Crippen LogP contribution < -0.4 is 5.73 Å². The molecule has 0 unspecified atom stereocenters. The molecule has 0 atom stereocenters. The topological polar surface area (TPSA) is 52.3 Å². The van der Waals surface area contributed by atoms with Crippen LogP contribution in [0, 0.1) is 5.41 Å². The van der Waals surface area contributed by atoms with Crippen molar-refractivity contribution in [1.82, 2.24) is 0 Å². The van der Waals surface area contributed by atoms with Crippen molar-refractivity contribution in [3.8, 4) is 0 Å². The molecule has 3 heteroatoms. The molecule has 0 aromatic heterocycles. The van der Waals surface area contributed by atoms with Gasteiger partial charge in [-0.15, -0.1) is 0 Å². The first-order chi connectivity index (χ1) is 9.44. The maximum atomic E-state index is 11.8. The molecule has 20 heavy (non-hydrogen) atoms. The van der Waals surface area contributed by atoms with Crippen molar-refractivity contribution in [2.75, 3.05) is 5.73 Å². The van der Waals surface area contributed by atoms with Crippen molar-refractivity contribution in [3.63, 3.8) is 0 Å². The summed E-state index contributed by atoms with van der Waals surface area (Å²) in [5.74, 6) is -0.267. The average molecular weight is 273 g/mol. The van der Waals surface area contributed by atoms with Gasteiger partial charge in [-0.1, -0.05) is 26.0 Å². The summed E-state index contributed by atoms with van der Waals surface area (Å²) in [6.07, 6.45) is 7.45. The molecule has 1 aliphatic rings. The van der Waals surface area contributed by atoms with Crippen LogP contribution in [0.3, 0.4) is 0 Å². The highest BCUT2D eigenvalue weighted by Crippen LogP contribution is 2.36. The van der Waals surface area contributed by atoms with Crippen molar-refractivity contribution >= 4 is 17.7 Å². The van der Waals surface area contributed by atoms with E-state index in [1.807, 2.05) is 24.3 Å². The lowest BCUT2D eigenvalue weighted by Crippen LogP contribution is -2.27. The SMILES string of the molecule is CC1(C)CCC(OC(=O)/C=C/c2cccc(N)c2)CC1. The predicted molar refractivity (Wildman–Crippen MR) is 82.0 cm³/mol. The van der Waals surface area contributed by atoms with Crippen LogP contribution in [-0.4, -0.2) is 12.1 Å². The van der Waals surface area contributed by atoms with Crippen LogP contribution in [0.15, 0.2) is 30.3 Å². The molecule has 2 rings (SSSR count). The summed E-state index contributed by atoms with van der Waals surface area (Å²) >= 11 is 0. The van der Waals surface area contributed by atoms with Crippen LogP contribution in [0.2, 0.25) is 0 Å². The molecule has 0 aliphatic heterocycles. The first kappa shape index (κ1) is 14.6. The molecule has 0 radical (unpaired) electrons. The fraction of sp³-hybridized carbons (Fsp3) is 0.471. The second-order valence-corrected chi connectivity index (χ2v) is 6.30. The highest BCUT2D eigenvalue weighted by molar-refractivity contribution is 5.87. The molecule has 0 spiro atoms. The average Bonchev–Trinajstić information content (AvgIpc) is 2.39. The van der Waals surface area contributed by atoms with Gasteiger partial charge in [0.15, 0.2) is 0 Å². The Balaban J connectivity index is 1.84. The van der Waals surface area contributed by atoms with Gasteiger partial charge in [0.05, 0.1) is 0 Å². The molecule has 1 fully saturated rings. The van der Waals surface area contributed by atoms with E-state index in [4.69, 9.17) is 10.5 Å². The fourth-order valence-corrected chi connectivity index (χ4v) is 2.52. The molecule has 2 N–H and O–H groups in total. The van der Waals surface area contributed by atoms with E-state index in [0.717, 1.165) is 31.2 Å². The van der Waals surface area contributed by atoms with Gasteiger partial charge >= 0.3 is 5.97 Å². The molecule has 1 aliphatic carbocycles. The summed E-state index contributed by atoms with van der Waals surface area (Å²) in [6, 6.07) is 7.42. The van der Waals surface area contributed by atoms with Gasteiger partial charge in [0.25, 0.3) is 0 Å². The highest BCUT2D eigenvalue weighted by atomic mass is 16.5.